The third-order valence-corrected chi connectivity index (χ3v) is 4.93. The molecule has 6 heteroatoms. The van der Waals surface area contributed by atoms with Gasteiger partial charge in [0, 0.05) is 19.1 Å². The van der Waals surface area contributed by atoms with E-state index in [9.17, 15) is 0 Å². The predicted octanol–water partition coefficient (Wildman–Crippen LogP) is 0.874. The summed E-state index contributed by atoms with van der Waals surface area (Å²) in [5, 5.41) is 14.9. The fourth-order valence-corrected chi connectivity index (χ4v) is 3.63. The van der Waals surface area contributed by atoms with Crippen molar-refractivity contribution in [2.45, 2.75) is 13.0 Å². The van der Waals surface area contributed by atoms with E-state index < -0.39 is 0 Å². The molecule has 2 saturated heterocycles. The average Bonchev–Trinajstić information content (AvgIpc) is 3.22. The zero-order valence-corrected chi connectivity index (χ0v) is 12.2. The van der Waals surface area contributed by atoms with E-state index in [1.165, 1.54) is 31.7 Å². The van der Waals surface area contributed by atoms with E-state index in [4.69, 9.17) is 0 Å². The minimum Gasteiger partial charge on any atom is -0.316 e. The van der Waals surface area contributed by atoms with Gasteiger partial charge in [-0.2, -0.15) is 0 Å². The summed E-state index contributed by atoms with van der Waals surface area (Å²) in [6, 6.07) is 8.95. The van der Waals surface area contributed by atoms with Gasteiger partial charge < -0.3 is 5.32 Å². The molecule has 3 atom stereocenters. The lowest BCUT2D eigenvalue weighted by Crippen LogP contribution is -2.28. The molecular formula is C15H20N6. The predicted molar refractivity (Wildman–Crippen MR) is 79.0 cm³/mol. The van der Waals surface area contributed by atoms with Gasteiger partial charge in [-0.3, -0.25) is 4.90 Å². The van der Waals surface area contributed by atoms with Gasteiger partial charge in [-0.15, -0.1) is 5.10 Å². The van der Waals surface area contributed by atoms with Crippen LogP contribution in [0.1, 0.15) is 18.5 Å². The zero-order valence-electron chi connectivity index (χ0n) is 12.2. The lowest BCUT2D eigenvalue weighted by molar-refractivity contribution is 0.244. The average molecular weight is 284 g/mol. The first-order valence-corrected chi connectivity index (χ1v) is 7.59. The van der Waals surface area contributed by atoms with Gasteiger partial charge in [0.05, 0.1) is 5.69 Å². The van der Waals surface area contributed by atoms with Crippen LogP contribution in [0.2, 0.25) is 0 Å². The van der Waals surface area contributed by atoms with Crippen molar-refractivity contribution in [1.29, 1.82) is 0 Å². The highest BCUT2D eigenvalue weighted by atomic mass is 15.5. The highest BCUT2D eigenvalue weighted by Crippen LogP contribution is 2.33. The molecule has 0 amide bonds. The number of nitrogens with zero attached hydrogens (tertiary/aromatic N) is 5. The summed E-state index contributed by atoms with van der Waals surface area (Å²) >= 11 is 0. The van der Waals surface area contributed by atoms with Gasteiger partial charge in [-0.25, -0.2) is 4.68 Å². The Labute approximate surface area is 124 Å². The lowest BCUT2D eigenvalue weighted by atomic mass is 10.0. The van der Waals surface area contributed by atoms with Crippen molar-refractivity contribution in [1.82, 2.24) is 30.4 Å². The highest BCUT2D eigenvalue weighted by Gasteiger charge is 2.37. The second-order valence-corrected chi connectivity index (χ2v) is 6.16. The Morgan fingerprint density at radius 2 is 2.05 bits per heavy atom. The third kappa shape index (κ3) is 2.34. The number of hydrogen-bond acceptors (Lipinski definition) is 5. The highest BCUT2D eigenvalue weighted by molar-refractivity contribution is 5.35. The van der Waals surface area contributed by atoms with Crippen LogP contribution in [-0.4, -0.2) is 51.3 Å². The first kappa shape index (κ1) is 12.9. The van der Waals surface area contributed by atoms with Gasteiger partial charge >= 0.3 is 0 Å². The summed E-state index contributed by atoms with van der Waals surface area (Å²) < 4.78 is 1.71. The Balaban J connectivity index is 1.55. The minimum absolute atomic E-state index is 0.437. The van der Waals surface area contributed by atoms with Crippen LogP contribution in [0.3, 0.4) is 0 Å². The molecule has 0 bridgehead atoms. The molecule has 6 nitrogen and oxygen atoms in total. The molecule has 0 spiro atoms. The van der Waals surface area contributed by atoms with Crippen molar-refractivity contribution in [2.75, 3.05) is 26.2 Å². The quantitative estimate of drug-likeness (QED) is 0.906. The molecule has 3 unspecified atom stereocenters. The van der Waals surface area contributed by atoms with E-state index in [-0.39, 0.29) is 0 Å². The normalized spacial score (nSPS) is 26.9. The van der Waals surface area contributed by atoms with Crippen LogP contribution in [0.4, 0.5) is 0 Å². The molecule has 4 rings (SSSR count). The first-order chi connectivity index (χ1) is 10.3. The van der Waals surface area contributed by atoms with Crippen molar-refractivity contribution in [3.63, 3.8) is 0 Å². The monoisotopic (exact) mass is 284 g/mol. The van der Waals surface area contributed by atoms with E-state index in [1.54, 1.807) is 11.0 Å². The molecule has 1 aromatic heterocycles. The van der Waals surface area contributed by atoms with E-state index in [1.807, 2.05) is 6.07 Å². The summed E-state index contributed by atoms with van der Waals surface area (Å²) in [5.74, 6) is 1.66. The number of rotatable bonds is 3. The standard InChI is InChI=1S/C15H20N6/c1-11(20-8-13-6-16-7-14(13)9-20)12-3-2-4-15(5-12)21-10-17-18-19-21/h2-5,10-11,13-14,16H,6-9H2,1H3. The van der Waals surface area contributed by atoms with Crippen LogP contribution in [0.25, 0.3) is 5.69 Å². The van der Waals surface area contributed by atoms with E-state index in [0.29, 0.717) is 6.04 Å². The molecule has 2 aliphatic rings. The molecule has 21 heavy (non-hydrogen) atoms. The second-order valence-electron chi connectivity index (χ2n) is 6.16. The van der Waals surface area contributed by atoms with Gasteiger partial charge in [0.2, 0.25) is 0 Å². The number of hydrogen-bond donors (Lipinski definition) is 1. The van der Waals surface area contributed by atoms with Crippen molar-refractivity contribution in [2.24, 2.45) is 11.8 Å². The summed E-state index contributed by atoms with van der Waals surface area (Å²) in [6.45, 7) is 7.06. The number of tetrazole rings is 1. The molecular weight excluding hydrogens is 264 g/mol. The molecule has 2 aliphatic heterocycles. The maximum Gasteiger partial charge on any atom is 0.143 e. The van der Waals surface area contributed by atoms with Crippen LogP contribution >= 0.6 is 0 Å². The molecule has 2 aromatic rings. The maximum absolute atomic E-state index is 3.96. The van der Waals surface area contributed by atoms with Crippen molar-refractivity contribution < 1.29 is 0 Å². The van der Waals surface area contributed by atoms with Gasteiger partial charge in [-0.05, 0) is 60.0 Å². The number of aromatic nitrogens is 4. The van der Waals surface area contributed by atoms with Crippen LogP contribution in [0.5, 0.6) is 0 Å². The Bertz CT molecular complexity index is 598. The van der Waals surface area contributed by atoms with Gasteiger partial charge in [-0.1, -0.05) is 12.1 Å². The Kier molecular flexibility index (Phi) is 3.20. The van der Waals surface area contributed by atoms with Crippen molar-refractivity contribution >= 4 is 0 Å². The Morgan fingerprint density at radius 1 is 1.24 bits per heavy atom. The SMILES string of the molecule is CC(c1cccc(-n2cnnn2)c1)N1CC2CNCC2C1. The van der Waals surface area contributed by atoms with E-state index in [2.05, 4.69) is 50.9 Å². The topological polar surface area (TPSA) is 58.9 Å². The summed E-state index contributed by atoms with van der Waals surface area (Å²) in [5.41, 5.74) is 2.35. The molecule has 3 heterocycles. The third-order valence-electron chi connectivity index (χ3n) is 4.93. The molecule has 0 aliphatic carbocycles. The van der Waals surface area contributed by atoms with Crippen molar-refractivity contribution in [3.8, 4) is 5.69 Å². The summed E-state index contributed by atoms with van der Waals surface area (Å²) in [4.78, 5) is 2.61. The van der Waals surface area contributed by atoms with Gasteiger partial charge in [0.1, 0.15) is 6.33 Å². The Hall–Kier alpha value is -1.79. The van der Waals surface area contributed by atoms with E-state index >= 15 is 0 Å². The largest absolute Gasteiger partial charge is 0.316 e. The number of nitrogens with one attached hydrogen (secondary N) is 1. The smallest absolute Gasteiger partial charge is 0.143 e. The van der Waals surface area contributed by atoms with Crippen LogP contribution < -0.4 is 5.32 Å². The fourth-order valence-electron chi connectivity index (χ4n) is 3.63. The fraction of sp³-hybridized carbons (Fsp3) is 0.533. The lowest BCUT2D eigenvalue weighted by Gasteiger charge is -2.26. The molecule has 1 aromatic carbocycles. The first-order valence-electron chi connectivity index (χ1n) is 7.59. The van der Waals surface area contributed by atoms with Gasteiger partial charge in [0.15, 0.2) is 0 Å². The van der Waals surface area contributed by atoms with Crippen molar-refractivity contribution in [3.05, 3.63) is 36.2 Å². The summed E-state index contributed by atoms with van der Waals surface area (Å²) in [6.07, 6.45) is 1.63. The molecule has 110 valence electrons. The molecule has 0 saturated carbocycles. The minimum atomic E-state index is 0.437. The number of benzene rings is 1. The summed E-state index contributed by atoms with van der Waals surface area (Å²) in [7, 11) is 0. The Morgan fingerprint density at radius 3 is 2.76 bits per heavy atom. The van der Waals surface area contributed by atoms with Crippen LogP contribution in [0.15, 0.2) is 30.6 Å². The molecule has 0 radical (unpaired) electrons. The van der Waals surface area contributed by atoms with E-state index in [0.717, 1.165) is 17.5 Å². The van der Waals surface area contributed by atoms with Gasteiger partial charge in [0.25, 0.3) is 0 Å². The molecule has 2 fully saturated rings. The molecule has 1 N–H and O–H groups in total. The van der Waals surface area contributed by atoms with Crippen LogP contribution in [-0.2, 0) is 0 Å². The maximum atomic E-state index is 3.96. The second kappa shape index (κ2) is 5.20. The number of likely N-dealkylation sites (tertiary alicyclic amines) is 1. The van der Waals surface area contributed by atoms with Crippen LogP contribution in [0, 0.1) is 11.8 Å². The zero-order chi connectivity index (χ0) is 14.2. The number of fused-ring (bicyclic) bond motifs is 1.